The average Bonchev–Trinajstić information content (AvgIpc) is 2.67. The third-order valence-electron chi connectivity index (χ3n) is 2.91. The van der Waals surface area contributed by atoms with Crippen LogP contribution in [0.3, 0.4) is 0 Å². The summed E-state index contributed by atoms with van der Waals surface area (Å²) in [5.74, 6) is -1.35. The van der Waals surface area contributed by atoms with Crippen molar-refractivity contribution in [3.63, 3.8) is 0 Å². The van der Waals surface area contributed by atoms with Crippen molar-refractivity contribution in [2.45, 2.75) is 19.8 Å². The zero-order chi connectivity index (χ0) is 12.5. The Morgan fingerprint density at radius 1 is 1.71 bits per heavy atom. The number of carboxylic acid groups (broad SMARTS) is 1. The molecule has 1 N–H and O–H groups in total. The Bertz CT molecular complexity index is 456. The van der Waals surface area contributed by atoms with Gasteiger partial charge in [-0.15, -0.1) is 11.3 Å². The van der Waals surface area contributed by atoms with Gasteiger partial charge in [0.1, 0.15) is 0 Å². The van der Waals surface area contributed by atoms with Crippen LogP contribution in [0.4, 0.5) is 0 Å². The summed E-state index contributed by atoms with van der Waals surface area (Å²) in [6, 6.07) is 0. The van der Waals surface area contributed by atoms with Crippen LogP contribution in [0, 0.1) is 12.3 Å². The molecule has 17 heavy (non-hydrogen) atoms. The topological polar surface area (TPSA) is 76.5 Å². The van der Waals surface area contributed by atoms with Crippen molar-refractivity contribution in [3.8, 4) is 0 Å². The first-order chi connectivity index (χ1) is 8.04. The summed E-state index contributed by atoms with van der Waals surface area (Å²) in [5.41, 5.74) is -1.42. The second kappa shape index (κ2) is 4.54. The first kappa shape index (κ1) is 12.2. The molecule has 0 saturated carbocycles. The number of aryl methyl sites for hydroxylation is 1. The number of thiazole rings is 1. The molecule has 2 rings (SSSR count). The number of Topliss-reactive ketones (excluding diaryl/α,β-unsaturated/α-hetero) is 1. The van der Waals surface area contributed by atoms with Gasteiger partial charge in [-0.05, 0) is 6.92 Å². The molecule has 5 nitrogen and oxygen atoms in total. The number of carboxylic acids is 1. The standard InChI is InChI=1S/C11H13NO4S/c1-7-12-5-8(17-7)4-11(10(14)15)6-16-3-2-9(11)13/h5H,2-4,6H2,1H3,(H,14,15). The average molecular weight is 255 g/mol. The second-order valence-electron chi connectivity index (χ2n) is 4.14. The van der Waals surface area contributed by atoms with Crippen LogP contribution in [0.25, 0.3) is 0 Å². The molecule has 0 amide bonds. The summed E-state index contributed by atoms with van der Waals surface area (Å²) in [4.78, 5) is 28.2. The quantitative estimate of drug-likeness (QED) is 0.817. The van der Waals surface area contributed by atoms with Crippen molar-refractivity contribution in [1.82, 2.24) is 4.98 Å². The molecule has 1 saturated heterocycles. The molecule has 0 spiro atoms. The van der Waals surface area contributed by atoms with Gasteiger partial charge in [0.05, 0.1) is 18.2 Å². The number of rotatable bonds is 3. The van der Waals surface area contributed by atoms with Crippen LogP contribution in [0.1, 0.15) is 16.3 Å². The molecule has 92 valence electrons. The smallest absolute Gasteiger partial charge is 0.319 e. The van der Waals surface area contributed by atoms with Crippen LogP contribution >= 0.6 is 11.3 Å². The van der Waals surface area contributed by atoms with E-state index in [9.17, 15) is 14.7 Å². The predicted molar refractivity (Wildman–Crippen MR) is 61.1 cm³/mol. The van der Waals surface area contributed by atoms with Gasteiger partial charge in [0.2, 0.25) is 0 Å². The van der Waals surface area contributed by atoms with Crippen LogP contribution in [0.5, 0.6) is 0 Å². The van der Waals surface area contributed by atoms with Gasteiger partial charge in [0.15, 0.2) is 11.2 Å². The number of aromatic nitrogens is 1. The molecule has 1 aliphatic heterocycles. The SMILES string of the molecule is Cc1ncc(CC2(C(=O)O)COCCC2=O)s1. The van der Waals surface area contributed by atoms with Crippen molar-refractivity contribution in [2.24, 2.45) is 5.41 Å². The Morgan fingerprint density at radius 3 is 3.00 bits per heavy atom. The van der Waals surface area contributed by atoms with E-state index in [2.05, 4.69) is 4.98 Å². The van der Waals surface area contributed by atoms with E-state index < -0.39 is 11.4 Å². The van der Waals surface area contributed by atoms with E-state index in [0.29, 0.717) is 6.61 Å². The third-order valence-corrected chi connectivity index (χ3v) is 3.82. The van der Waals surface area contributed by atoms with Crippen molar-refractivity contribution >= 4 is 23.1 Å². The molecule has 1 unspecified atom stereocenters. The van der Waals surface area contributed by atoms with E-state index in [4.69, 9.17) is 4.74 Å². The van der Waals surface area contributed by atoms with Gasteiger partial charge >= 0.3 is 5.97 Å². The normalized spacial score (nSPS) is 24.9. The highest BCUT2D eigenvalue weighted by atomic mass is 32.1. The maximum Gasteiger partial charge on any atom is 0.319 e. The molecule has 0 aliphatic carbocycles. The summed E-state index contributed by atoms with van der Waals surface area (Å²) in [7, 11) is 0. The summed E-state index contributed by atoms with van der Waals surface area (Å²) >= 11 is 1.42. The molecule has 6 heteroatoms. The van der Waals surface area contributed by atoms with Gasteiger partial charge in [0, 0.05) is 23.9 Å². The molecular weight excluding hydrogens is 242 g/mol. The monoisotopic (exact) mass is 255 g/mol. The largest absolute Gasteiger partial charge is 0.480 e. The van der Waals surface area contributed by atoms with Crippen molar-refractivity contribution in [2.75, 3.05) is 13.2 Å². The molecule has 1 aromatic rings. The van der Waals surface area contributed by atoms with E-state index in [0.717, 1.165) is 9.88 Å². The van der Waals surface area contributed by atoms with Gasteiger partial charge in [0.25, 0.3) is 0 Å². The first-order valence-electron chi connectivity index (χ1n) is 5.30. The van der Waals surface area contributed by atoms with Crippen LogP contribution in [0.2, 0.25) is 0 Å². The minimum absolute atomic E-state index is 0.0435. The molecule has 1 atom stereocenters. The summed E-state index contributed by atoms with van der Waals surface area (Å²) < 4.78 is 5.18. The summed E-state index contributed by atoms with van der Waals surface area (Å²) in [5, 5.41) is 10.2. The molecule has 0 radical (unpaired) electrons. The second-order valence-corrected chi connectivity index (χ2v) is 5.45. The van der Waals surface area contributed by atoms with E-state index in [1.807, 2.05) is 6.92 Å². The lowest BCUT2D eigenvalue weighted by Crippen LogP contribution is -2.48. The Hall–Kier alpha value is -1.27. The fraction of sp³-hybridized carbons (Fsp3) is 0.545. The van der Waals surface area contributed by atoms with Crippen LogP contribution in [-0.2, 0) is 20.7 Å². The number of ketones is 1. The van der Waals surface area contributed by atoms with Crippen LogP contribution in [-0.4, -0.2) is 35.1 Å². The summed E-state index contributed by atoms with van der Waals surface area (Å²) in [6.45, 7) is 2.12. The Balaban J connectivity index is 2.28. The van der Waals surface area contributed by atoms with Crippen molar-refractivity contribution < 1.29 is 19.4 Å². The molecule has 0 aromatic carbocycles. The third kappa shape index (κ3) is 2.23. The molecular formula is C11H13NO4S. The first-order valence-corrected chi connectivity index (χ1v) is 6.12. The maximum absolute atomic E-state index is 11.9. The lowest BCUT2D eigenvalue weighted by Gasteiger charge is -2.30. The van der Waals surface area contributed by atoms with Crippen molar-refractivity contribution in [3.05, 3.63) is 16.1 Å². The Kier molecular flexibility index (Phi) is 3.26. The maximum atomic E-state index is 11.9. The van der Waals surface area contributed by atoms with Crippen LogP contribution in [0.15, 0.2) is 6.20 Å². The molecule has 0 bridgehead atoms. The van der Waals surface area contributed by atoms with Crippen LogP contribution < -0.4 is 0 Å². The minimum atomic E-state index is -1.42. The van der Waals surface area contributed by atoms with Gasteiger partial charge < -0.3 is 9.84 Å². The number of carbonyl (C=O) groups excluding carboxylic acids is 1. The number of nitrogens with zero attached hydrogens (tertiary/aromatic N) is 1. The lowest BCUT2D eigenvalue weighted by atomic mass is 9.78. The van der Waals surface area contributed by atoms with Gasteiger partial charge in [-0.3, -0.25) is 9.59 Å². The number of hydrogen-bond acceptors (Lipinski definition) is 5. The van der Waals surface area contributed by atoms with Crippen molar-refractivity contribution in [1.29, 1.82) is 0 Å². The predicted octanol–water partition coefficient (Wildman–Crippen LogP) is 1.05. The molecule has 2 heterocycles. The van der Waals surface area contributed by atoms with E-state index in [1.54, 1.807) is 6.20 Å². The van der Waals surface area contributed by atoms with Gasteiger partial charge in [-0.1, -0.05) is 0 Å². The molecule has 1 fully saturated rings. The summed E-state index contributed by atoms with van der Waals surface area (Å²) in [6.07, 6.45) is 1.98. The number of aliphatic carboxylic acids is 1. The van der Waals surface area contributed by atoms with E-state index >= 15 is 0 Å². The lowest BCUT2D eigenvalue weighted by molar-refractivity contribution is -0.164. The molecule has 1 aromatic heterocycles. The zero-order valence-electron chi connectivity index (χ0n) is 9.43. The minimum Gasteiger partial charge on any atom is -0.480 e. The van der Waals surface area contributed by atoms with E-state index in [1.165, 1.54) is 11.3 Å². The number of ether oxygens (including phenoxy) is 1. The zero-order valence-corrected chi connectivity index (χ0v) is 10.2. The Labute approximate surface area is 102 Å². The highest BCUT2D eigenvalue weighted by Crippen LogP contribution is 2.31. The number of carbonyl (C=O) groups is 2. The fourth-order valence-corrected chi connectivity index (χ4v) is 2.83. The highest BCUT2D eigenvalue weighted by Gasteiger charge is 2.48. The molecule has 1 aliphatic rings. The Morgan fingerprint density at radius 2 is 2.47 bits per heavy atom. The fourth-order valence-electron chi connectivity index (χ4n) is 1.92. The van der Waals surface area contributed by atoms with Gasteiger partial charge in [-0.25, -0.2) is 4.98 Å². The highest BCUT2D eigenvalue weighted by molar-refractivity contribution is 7.11. The number of hydrogen-bond donors (Lipinski definition) is 1. The van der Waals surface area contributed by atoms with Gasteiger partial charge in [-0.2, -0.15) is 0 Å². The van der Waals surface area contributed by atoms with E-state index in [-0.39, 0.29) is 25.2 Å².